The molecule has 1 amide bonds. The number of unbranched alkanes of at least 4 members (excludes halogenated alkanes) is 27. The Balaban J connectivity index is 4.18. The molecule has 0 radical (unpaired) electrons. The fraction of sp³-hybridized carbons (Fsp3) is 0.863. The first-order chi connectivity index (χ1) is 29.0. The molecular weight excluding hydrogens is 768 g/mol. The lowest BCUT2D eigenvalue weighted by Gasteiger charge is -2.30. The quantitative estimate of drug-likeness (QED) is 0.0273. The maximum absolute atomic E-state index is 12.9. The molecule has 0 rings (SSSR count). The number of carbonyl (C=O) groups is 1. The highest BCUT2D eigenvalue weighted by Gasteiger charge is 2.24. The molecule has 0 heterocycles. The summed E-state index contributed by atoms with van der Waals surface area (Å²) in [4.78, 5) is 25.4. The number of aliphatic hydroxyl groups excluding tert-OH is 1. The van der Waals surface area contributed by atoms with Gasteiger partial charge in [0.15, 0.2) is 0 Å². The summed E-state index contributed by atoms with van der Waals surface area (Å²) in [6, 6.07) is -0.815. The molecule has 3 unspecified atom stereocenters. The normalized spacial score (nSPS) is 14.4. The van der Waals surface area contributed by atoms with Crippen molar-refractivity contribution in [2.24, 2.45) is 0 Å². The monoisotopic (exact) mass is 867 g/mol. The molecule has 0 aromatic carbocycles. The maximum Gasteiger partial charge on any atom is 0.268 e. The predicted molar refractivity (Wildman–Crippen MR) is 256 cm³/mol. The summed E-state index contributed by atoms with van der Waals surface area (Å²) in [7, 11) is 1.29. The molecule has 0 aromatic rings. The number of likely N-dealkylation sites (N-methyl/N-ethyl adjacent to an activating group) is 1. The van der Waals surface area contributed by atoms with Gasteiger partial charge in [-0.05, 0) is 44.9 Å². The zero-order valence-electron chi connectivity index (χ0n) is 40.2. The number of quaternary nitrogens is 1. The summed E-state index contributed by atoms with van der Waals surface area (Å²) in [5, 5.41) is 13.9. The van der Waals surface area contributed by atoms with E-state index in [0.717, 1.165) is 64.2 Å². The van der Waals surface area contributed by atoms with Gasteiger partial charge in [0.2, 0.25) is 5.91 Å². The molecule has 0 aliphatic carbocycles. The molecule has 0 saturated carbocycles. The molecule has 354 valence electrons. The van der Waals surface area contributed by atoms with Crippen LogP contribution in [-0.2, 0) is 18.4 Å². The van der Waals surface area contributed by atoms with Crippen molar-refractivity contribution >= 4 is 13.7 Å². The van der Waals surface area contributed by atoms with Crippen molar-refractivity contribution in [1.82, 2.24) is 5.32 Å². The lowest BCUT2D eigenvalue weighted by atomic mass is 10.0. The van der Waals surface area contributed by atoms with Crippen LogP contribution in [0.15, 0.2) is 36.5 Å². The van der Waals surface area contributed by atoms with Crippen LogP contribution in [0.25, 0.3) is 0 Å². The van der Waals surface area contributed by atoms with Gasteiger partial charge in [0.05, 0.1) is 39.9 Å². The Morgan fingerprint density at radius 2 is 1.02 bits per heavy atom. The van der Waals surface area contributed by atoms with Crippen LogP contribution in [0.3, 0.4) is 0 Å². The van der Waals surface area contributed by atoms with E-state index in [4.69, 9.17) is 9.05 Å². The number of hydrogen-bond acceptors (Lipinski definition) is 6. The van der Waals surface area contributed by atoms with Gasteiger partial charge < -0.3 is 28.8 Å². The first-order valence-electron chi connectivity index (χ1n) is 25.3. The van der Waals surface area contributed by atoms with E-state index in [-0.39, 0.29) is 19.1 Å². The fourth-order valence-electron chi connectivity index (χ4n) is 7.41. The van der Waals surface area contributed by atoms with Gasteiger partial charge in [0.1, 0.15) is 13.2 Å². The number of nitrogens with zero attached hydrogens (tertiary/aromatic N) is 1. The fourth-order valence-corrected chi connectivity index (χ4v) is 8.13. The van der Waals surface area contributed by atoms with Crippen molar-refractivity contribution in [2.75, 3.05) is 40.9 Å². The average molecular weight is 867 g/mol. The maximum atomic E-state index is 12.9. The Morgan fingerprint density at radius 1 is 0.600 bits per heavy atom. The van der Waals surface area contributed by atoms with E-state index in [2.05, 4.69) is 55.6 Å². The highest BCUT2D eigenvalue weighted by molar-refractivity contribution is 7.45. The van der Waals surface area contributed by atoms with Crippen molar-refractivity contribution < 1.29 is 32.9 Å². The van der Waals surface area contributed by atoms with Gasteiger partial charge >= 0.3 is 0 Å². The molecule has 60 heavy (non-hydrogen) atoms. The van der Waals surface area contributed by atoms with Crippen LogP contribution in [0.2, 0.25) is 0 Å². The van der Waals surface area contributed by atoms with Gasteiger partial charge in [0.25, 0.3) is 7.82 Å². The zero-order chi connectivity index (χ0) is 44.3. The Bertz CT molecular complexity index is 1070. The van der Waals surface area contributed by atoms with E-state index < -0.39 is 20.0 Å². The van der Waals surface area contributed by atoms with E-state index in [1.165, 1.54) is 141 Å². The third-order valence-corrected chi connectivity index (χ3v) is 12.4. The van der Waals surface area contributed by atoms with Crippen LogP contribution in [0.4, 0.5) is 0 Å². The minimum Gasteiger partial charge on any atom is -0.756 e. The van der Waals surface area contributed by atoms with Gasteiger partial charge in [-0.1, -0.05) is 217 Å². The highest BCUT2D eigenvalue weighted by atomic mass is 31.2. The predicted octanol–water partition coefficient (Wildman–Crippen LogP) is 14.0. The molecule has 0 bridgehead atoms. The number of hydrogen-bond donors (Lipinski definition) is 2. The second-order valence-electron chi connectivity index (χ2n) is 18.5. The summed E-state index contributed by atoms with van der Waals surface area (Å²) < 4.78 is 23.3. The molecule has 0 aromatic heterocycles. The number of carbonyl (C=O) groups excluding carboxylic acids is 1. The van der Waals surface area contributed by atoms with Gasteiger partial charge in [-0.3, -0.25) is 9.36 Å². The van der Waals surface area contributed by atoms with Crippen molar-refractivity contribution in [3.05, 3.63) is 36.5 Å². The minimum atomic E-state index is -4.57. The summed E-state index contributed by atoms with van der Waals surface area (Å²) in [6.45, 7) is 4.59. The highest BCUT2D eigenvalue weighted by Crippen LogP contribution is 2.38. The van der Waals surface area contributed by atoms with E-state index in [0.29, 0.717) is 23.9 Å². The minimum absolute atomic E-state index is 0.00591. The topological polar surface area (TPSA) is 108 Å². The van der Waals surface area contributed by atoms with Crippen molar-refractivity contribution in [3.8, 4) is 0 Å². The second kappa shape index (κ2) is 43.0. The van der Waals surface area contributed by atoms with Crippen molar-refractivity contribution in [3.63, 3.8) is 0 Å². The Kier molecular flexibility index (Phi) is 42.1. The van der Waals surface area contributed by atoms with Crippen LogP contribution in [-0.4, -0.2) is 68.5 Å². The summed E-state index contributed by atoms with van der Waals surface area (Å²) in [6.07, 6.45) is 53.2. The summed E-state index contributed by atoms with van der Waals surface area (Å²) in [5.41, 5.74) is 0. The number of amides is 1. The first kappa shape index (κ1) is 58.7. The molecule has 0 aliphatic rings. The molecule has 3 atom stereocenters. The number of phosphoric ester groups is 1. The summed E-state index contributed by atoms with van der Waals surface area (Å²) in [5.74, 6) is -0.193. The third-order valence-electron chi connectivity index (χ3n) is 11.4. The molecule has 2 N–H and O–H groups in total. The van der Waals surface area contributed by atoms with Crippen LogP contribution < -0.4 is 10.2 Å². The van der Waals surface area contributed by atoms with Gasteiger partial charge in [-0.2, -0.15) is 0 Å². The van der Waals surface area contributed by atoms with Crippen LogP contribution in [0.1, 0.15) is 232 Å². The van der Waals surface area contributed by atoms with Crippen molar-refractivity contribution in [1.29, 1.82) is 0 Å². The molecule has 0 aliphatic heterocycles. The van der Waals surface area contributed by atoms with Crippen molar-refractivity contribution in [2.45, 2.75) is 244 Å². The van der Waals surface area contributed by atoms with E-state index in [1.54, 1.807) is 0 Å². The van der Waals surface area contributed by atoms with Crippen LogP contribution >= 0.6 is 7.82 Å². The van der Waals surface area contributed by atoms with E-state index >= 15 is 0 Å². The second-order valence-corrected chi connectivity index (χ2v) is 19.9. The van der Waals surface area contributed by atoms with Crippen LogP contribution in [0, 0.1) is 0 Å². The average Bonchev–Trinajstić information content (AvgIpc) is 3.20. The molecule has 8 nitrogen and oxygen atoms in total. The zero-order valence-corrected chi connectivity index (χ0v) is 41.1. The third kappa shape index (κ3) is 44.8. The molecular formula is C51H99N2O6P. The number of phosphoric acid groups is 1. The molecule has 0 spiro atoms. The van der Waals surface area contributed by atoms with Crippen LogP contribution in [0.5, 0.6) is 0 Å². The Morgan fingerprint density at radius 3 is 1.47 bits per heavy atom. The summed E-state index contributed by atoms with van der Waals surface area (Å²) >= 11 is 0. The SMILES string of the molecule is CC/C=C\C/C=C\C/C=C\CCCCCC(=O)NC(COP(=O)([O-])OCC[N+](C)(C)C)C(O)CCCCCCCCCCCCCCCCCCCCCCCCCCC. The van der Waals surface area contributed by atoms with Gasteiger partial charge in [0, 0.05) is 6.42 Å². The standard InChI is InChI=1S/C51H99N2O6P/c1-6-8-10-12-14-16-18-20-21-22-23-24-25-26-27-28-29-30-31-33-34-36-38-40-42-44-50(54)49(48-59-60(56,57)58-47-46-53(3,4)5)52-51(55)45-43-41-39-37-35-32-19-17-15-13-11-9-7-2/h9,11,15,17,32,35,49-50,54H,6-8,10,12-14,16,18-31,33-34,36-48H2,1-5H3,(H-,52,55,56,57)/b11-9-,17-15-,35-32-. The Hall–Kier alpha value is -1.28. The van der Waals surface area contributed by atoms with Gasteiger partial charge in [-0.15, -0.1) is 0 Å². The van der Waals surface area contributed by atoms with E-state index in [1.807, 2.05) is 21.1 Å². The van der Waals surface area contributed by atoms with E-state index in [9.17, 15) is 19.4 Å². The molecule has 9 heteroatoms. The molecule has 0 saturated heterocycles. The number of nitrogens with one attached hydrogen (secondary N) is 1. The Labute approximate surface area is 372 Å². The lowest BCUT2D eigenvalue weighted by molar-refractivity contribution is -0.870. The number of rotatable bonds is 46. The number of aliphatic hydroxyl groups is 1. The lowest BCUT2D eigenvalue weighted by Crippen LogP contribution is -2.46. The smallest absolute Gasteiger partial charge is 0.268 e. The molecule has 0 fully saturated rings. The number of allylic oxidation sites excluding steroid dienone is 6. The first-order valence-corrected chi connectivity index (χ1v) is 26.8. The van der Waals surface area contributed by atoms with Gasteiger partial charge in [-0.25, -0.2) is 0 Å². The largest absolute Gasteiger partial charge is 0.756 e.